The first-order chi connectivity index (χ1) is 18.2. The molecular weight excluding hydrogens is 526 g/mol. The average Bonchev–Trinajstić information content (AvgIpc) is 3.30. The number of halogens is 1. The largest absolute Gasteiger partial charge is 0.366 e. The van der Waals surface area contributed by atoms with E-state index < -0.39 is 22.8 Å². The summed E-state index contributed by atoms with van der Waals surface area (Å²) in [5.74, 6) is -0.917. The molecule has 1 atom stereocenters. The number of rotatable bonds is 4. The topological polar surface area (TPSA) is 144 Å². The van der Waals surface area contributed by atoms with Gasteiger partial charge in [-0.3, -0.25) is 19.0 Å². The van der Waals surface area contributed by atoms with Crippen LogP contribution in [0.25, 0.3) is 16.6 Å². The van der Waals surface area contributed by atoms with E-state index in [1.807, 2.05) is 4.31 Å². The number of benzene rings is 2. The Kier molecular flexibility index (Phi) is 10.4. The fourth-order valence-electron chi connectivity index (χ4n) is 3.79. The zero-order valence-corrected chi connectivity index (χ0v) is 22.5. The van der Waals surface area contributed by atoms with Gasteiger partial charge in [-0.05, 0) is 55.3 Å². The molecule has 0 saturated carbocycles. The molecular formula is C27H30ClN5O4S. The number of carbonyl (C=O) groups excluding carboxylic acids is 2. The minimum atomic E-state index is -0.719. The number of primary amides is 2. The Labute approximate surface area is 228 Å². The molecule has 4 aromatic rings. The van der Waals surface area contributed by atoms with Gasteiger partial charge in [-0.2, -0.15) is 0 Å². The van der Waals surface area contributed by atoms with Crippen molar-refractivity contribution in [3.05, 3.63) is 99.6 Å². The first kappa shape index (κ1) is 28.8. The lowest BCUT2D eigenvalue weighted by molar-refractivity contribution is 0.0992. The predicted molar refractivity (Wildman–Crippen MR) is 152 cm³/mol. The molecule has 200 valence electrons. The van der Waals surface area contributed by atoms with E-state index in [1.54, 1.807) is 73.2 Å². The summed E-state index contributed by atoms with van der Waals surface area (Å²) in [4.78, 5) is 36.1. The Hall–Kier alpha value is -3.73. The quantitative estimate of drug-likeness (QED) is 0.353. The van der Waals surface area contributed by atoms with Crippen LogP contribution in [-0.4, -0.2) is 49.2 Å². The number of amides is 2. The Morgan fingerprint density at radius 1 is 0.921 bits per heavy atom. The molecule has 1 unspecified atom stereocenters. The van der Waals surface area contributed by atoms with Crippen molar-refractivity contribution in [3.63, 3.8) is 0 Å². The van der Waals surface area contributed by atoms with Crippen molar-refractivity contribution in [2.75, 3.05) is 19.3 Å². The van der Waals surface area contributed by atoms with Gasteiger partial charge in [-0.25, -0.2) is 8.51 Å². The first-order valence-corrected chi connectivity index (χ1v) is 13.8. The maximum Gasteiger partial charge on any atom is 0.255 e. The van der Waals surface area contributed by atoms with E-state index in [9.17, 15) is 18.6 Å². The highest BCUT2D eigenvalue weighted by atomic mass is 35.5. The molecule has 0 bridgehead atoms. The van der Waals surface area contributed by atoms with Gasteiger partial charge >= 0.3 is 0 Å². The van der Waals surface area contributed by atoms with E-state index in [4.69, 9.17) is 23.1 Å². The Morgan fingerprint density at radius 3 is 2.11 bits per heavy atom. The van der Waals surface area contributed by atoms with Crippen LogP contribution in [0.3, 0.4) is 0 Å². The first-order valence-electron chi connectivity index (χ1n) is 11.9. The monoisotopic (exact) mass is 555 g/mol. The van der Waals surface area contributed by atoms with Crippen molar-refractivity contribution < 1.29 is 13.8 Å². The summed E-state index contributed by atoms with van der Waals surface area (Å²) < 4.78 is 14.4. The van der Waals surface area contributed by atoms with Gasteiger partial charge in [-0.1, -0.05) is 30.2 Å². The fraction of sp³-hybridized carbons (Fsp3) is 0.222. The molecule has 11 heteroatoms. The smallest absolute Gasteiger partial charge is 0.255 e. The minimum absolute atomic E-state index is 0.116. The molecule has 2 amide bonds. The number of nitrogens with zero attached hydrogens (tertiary/aromatic N) is 2. The van der Waals surface area contributed by atoms with Crippen molar-refractivity contribution >= 4 is 45.3 Å². The summed E-state index contributed by atoms with van der Waals surface area (Å²) >= 11 is 5.86. The van der Waals surface area contributed by atoms with Crippen molar-refractivity contribution in [1.29, 1.82) is 0 Å². The fourth-order valence-corrected chi connectivity index (χ4v) is 4.78. The second-order valence-electron chi connectivity index (χ2n) is 8.49. The zero-order chi connectivity index (χ0) is 27.7. The van der Waals surface area contributed by atoms with Crippen LogP contribution < -0.4 is 17.0 Å². The van der Waals surface area contributed by atoms with Crippen molar-refractivity contribution in [2.24, 2.45) is 11.5 Å². The van der Waals surface area contributed by atoms with Gasteiger partial charge in [-0.15, -0.1) is 0 Å². The molecule has 3 heterocycles. The van der Waals surface area contributed by atoms with E-state index in [-0.39, 0.29) is 5.56 Å². The number of fused-ring (bicyclic) bond motifs is 1. The maximum absolute atomic E-state index is 11.5. The van der Waals surface area contributed by atoms with E-state index in [0.717, 1.165) is 24.0 Å². The molecule has 1 aliphatic rings. The molecule has 1 fully saturated rings. The van der Waals surface area contributed by atoms with Crippen LogP contribution in [0.2, 0.25) is 5.02 Å². The van der Waals surface area contributed by atoms with Gasteiger partial charge in [0.2, 0.25) is 11.8 Å². The van der Waals surface area contributed by atoms with Crippen LogP contribution in [0.5, 0.6) is 0 Å². The number of H-pyrrole nitrogens is 1. The molecule has 5 rings (SSSR count). The molecule has 38 heavy (non-hydrogen) atoms. The summed E-state index contributed by atoms with van der Waals surface area (Å²) in [7, 11) is -0.719. The lowest BCUT2D eigenvalue weighted by atomic mass is 10.1. The Morgan fingerprint density at radius 2 is 1.55 bits per heavy atom. The number of pyridine rings is 1. The number of piperidine rings is 1. The SMILES string of the molecule is CS(=O)N1CCCCC1.NC(=O)c1ccc(-n2ccccc2=O)cc1.NC(=O)c1ccc2c(Cl)c[nH]c2c1. The van der Waals surface area contributed by atoms with E-state index >= 15 is 0 Å². The molecule has 9 nitrogen and oxygen atoms in total. The third-order valence-corrected chi connectivity index (χ3v) is 7.25. The zero-order valence-electron chi connectivity index (χ0n) is 20.9. The highest BCUT2D eigenvalue weighted by Gasteiger charge is 2.11. The highest BCUT2D eigenvalue weighted by molar-refractivity contribution is 7.81. The van der Waals surface area contributed by atoms with Crippen LogP contribution >= 0.6 is 11.6 Å². The third-order valence-electron chi connectivity index (χ3n) is 5.85. The van der Waals surface area contributed by atoms with Crippen molar-refractivity contribution in [2.45, 2.75) is 19.3 Å². The third kappa shape index (κ3) is 7.88. The van der Waals surface area contributed by atoms with Gasteiger partial charge in [0.1, 0.15) is 0 Å². The van der Waals surface area contributed by atoms with Crippen LogP contribution in [0.1, 0.15) is 40.0 Å². The summed E-state index contributed by atoms with van der Waals surface area (Å²) in [5.41, 5.74) is 12.6. The van der Waals surface area contributed by atoms with Gasteiger partial charge in [0.25, 0.3) is 5.56 Å². The number of aromatic nitrogens is 2. The minimum Gasteiger partial charge on any atom is -0.366 e. The number of aromatic amines is 1. The maximum atomic E-state index is 11.5. The van der Waals surface area contributed by atoms with Gasteiger partial charge in [0.05, 0.1) is 16.0 Å². The number of hydrogen-bond acceptors (Lipinski definition) is 4. The average molecular weight is 556 g/mol. The standard InChI is InChI=1S/C12H10N2O2.C9H7ClN2O.C6H13NOS/c13-12(16)9-4-6-10(7-5-9)14-8-2-1-3-11(14)15;10-7-4-12-8-3-5(9(11)13)1-2-6(7)8;1-9(8)7-5-3-2-4-6-7/h1-8H,(H2,13,16);1-4,12H,(H2,11,13);2-6H2,1H3. The van der Waals surface area contributed by atoms with Crippen LogP contribution in [-0.2, 0) is 11.0 Å². The number of nitrogens with one attached hydrogen (secondary N) is 1. The van der Waals surface area contributed by atoms with Gasteiger partial charge in [0, 0.05) is 65.5 Å². The highest BCUT2D eigenvalue weighted by Crippen LogP contribution is 2.23. The Balaban J connectivity index is 0.000000164. The van der Waals surface area contributed by atoms with Crippen molar-refractivity contribution in [1.82, 2.24) is 13.9 Å². The molecule has 2 aromatic carbocycles. The predicted octanol–water partition coefficient (Wildman–Crippen LogP) is 3.62. The van der Waals surface area contributed by atoms with Gasteiger partial charge in [0.15, 0.2) is 0 Å². The van der Waals surface area contributed by atoms with E-state index in [0.29, 0.717) is 21.8 Å². The summed E-state index contributed by atoms with van der Waals surface area (Å²) in [6.45, 7) is 2.06. The summed E-state index contributed by atoms with van der Waals surface area (Å²) in [6.07, 6.45) is 8.86. The number of carbonyl (C=O) groups is 2. The lowest BCUT2D eigenvalue weighted by Crippen LogP contribution is -2.30. The van der Waals surface area contributed by atoms with Crippen LogP contribution in [0.15, 0.2) is 77.9 Å². The summed E-state index contributed by atoms with van der Waals surface area (Å²) in [5, 5.41) is 1.54. The Bertz CT molecular complexity index is 1480. The molecule has 0 radical (unpaired) electrons. The van der Waals surface area contributed by atoms with E-state index in [1.165, 1.54) is 29.9 Å². The number of hydrogen-bond donors (Lipinski definition) is 3. The van der Waals surface area contributed by atoms with Crippen molar-refractivity contribution in [3.8, 4) is 5.69 Å². The molecule has 1 saturated heterocycles. The molecule has 2 aromatic heterocycles. The van der Waals surface area contributed by atoms with E-state index in [2.05, 4.69) is 4.98 Å². The molecule has 0 spiro atoms. The second kappa shape index (κ2) is 13.7. The van der Waals surface area contributed by atoms with Crippen LogP contribution in [0, 0.1) is 0 Å². The molecule has 1 aliphatic heterocycles. The summed E-state index contributed by atoms with van der Waals surface area (Å²) in [6, 6.07) is 16.6. The molecule has 0 aliphatic carbocycles. The molecule has 5 N–H and O–H groups in total. The van der Waals surface area contributed by atoms with Gasteiger partial charge < -0.3 is 16.5 Å². The number of nitrogens with two attached hydrogens (primary N) is 2. The van der Waals surface area contributed by atoms with Crippen LogP contribution in [0.4, 0.5) is 0 Å². The second-order valence-corrected chi connectivity index (χ2v) is 10.3. The lowest BCUT2D eigenvalue weighted by Gasteiger charge is -2.22. The normalized spacial score (nSPS) is 13.9.